The number of sulfonamides is 1. The summed E-state index contributed by atoms with van der Waals surface area (Å²) < 4.78 is 25.0. The monoisotopic (exact) mass is 401 g/mol. The van der Waals surface area contributed by atoms with E-state index in [1.54, 1.807) is 18.2 Å². The van der Waals surface area contributed by atoms with Crippen LogP contribution in [0, 0.1) is 6.92 Å². The second-order valence-electron chi connectivity index (χ2n) is 7.29. The average Bonchev–Trinajstić information content (AvgIpc) is 2.68. The van der Waals surface area contributed by atoms with Gasteiger partial charge >= 0.3 is 0 Å². The fraction of sp³-hybridized carbons (Fsp3) is 0.381. The van der Waals surface area contributed by atoms with E-state index in [-0.39, 0.29) is 5.91 Å². The Bertz CT molecular complexity index is 937. The molecule has 1 aliphatic heterocycles. The summed E-state index contributed by atoms with van der Waals surface area (Å²) >= 11 is 0. The van der Waals surface area contributed by atoms with Gasteiger partial charge in [0.25, 0.3) is 5.91 Å². The molecule has 1 fully saturated rings. The minimum atomic E-state index is -3.38. The molecule has 1 aliphatic rings. The smallest absolute Gasteiger partial charge is 0.254 e. The Morgan fingerprint density at radius 2 is 1.68 bits per heavy atom. The largest absolute Gasteiger partial charge is 0.336 e. The van der Waals surface area contributed by atoms with Gasteiger partial charge in [0.2, 0.25) is 10.0 Å². The van der Waals surface area contributed by atoms with Crippen LogP contribution in [0.3, 0.4) is 0 Å². The summed E-state index contributed by atoms with van der Waals surface area (Å²) in [5, 5.41) is 0. The minimum absolute atomic E-state index is 0.0532. The van der Waals surface area contributed by atoms with Gasteiger partial charge in [0, 0.05) is 45.3 Å². The number of nitrogens with zero attached hydrogens (tertiary/aromatic N) is 3. The highest BCUT2D eigenvalue weighted by Gasteiger charge is 2.23. The van der Waals surface area contributed by atoms with Crippen molar-refractivity contribution < 1.29 is 13.2 Å². The Morgan fingerprint density at radius 1 is 1.04 bits per heavy atom. The summed E-state index contributed by atoms with van der Waals surface area (Å²) in [5.41, 5.74) is 3.15. The number of amides is 1. The van der Waals surface area contributed by atoms with Crippen molar-refractivity contribution in [1.82, 2.24) is 9.80 Å². The van der Waals surface area contributed by atoms with Gasteiger partial charge in [-0.25, -0.2) is 8.42 Å². The van der Waals surface area contributed by atoms with Crippen LogP contribution >= 0.6 is 0 Å². The van der Waals surface area contributed by atoms with E-state index in [4.69, 9.17) is 0 Å². The maximum absolute atomic E-state index is 12.9. The van der Waals surface area contributed by atoms with Gasteiger partial charge in [0.05, 0.1) is 11.9 Å². The van der Waals surface area contributed by atoms with Crippen molar-refractivity contribution in [2.75, 3.05) is 43.8 Å². The molecule has 1 saturated heterocycles. The van der Waals surface area contributed by atoms with Crippen molar-refractivity contribution in [3.8, 4) is 0 Å². The van der Waals surface area contributed by atoms with Crippen LogP contribution in [0.25, 0.3) is 0 Å². The van der Waals surface area contributed by atoms with Gasteiger partial charge in [-0.3, -0.25) is 14.0 Å². The van der Waals surface area contributed by atoms with E-state index in [1.165, 1.54) is 16.9 Å². The molecular weight excluding hydrogens is 374 g/mol. The average molecular weight is 402 g/mol. The van der Waals surface area contributed by atoms with Gasteiger partial charge in [-0.1, -0.05) is 36.4 Å². The SMILES string of the molecule is Cc1ccc(C(=O)N2CCN(Cc3ccccc3)CC2)cc1N(C)S(C)(=O)=O. The maximum atomic E-state index is 12.9. The van der Waals surface area contributed by atoms with Gasteiger partial charge in [0.1, 0.15) is 0 Å². The first kappa shape index (κ1) is 20.4. The van der Waals surface area contributed by atoms with Gasteiger partial charge in [-0.15, -0.1) is 0 Å². The van der Waals surface area contributed by atoms with Crippen molar-refractivity contribution in [2.45, 2.75) is 13.5 Å². The molecule has 0 atom stereocenters. The predicted molar refractivity (Wildman–Crippen MR) is 112 cm³/mol. The van der Waals surface area contributed by atoms with Crippen molar-refractivity contribution in [3.05, 3.63) is 65.2 Å². The lowest BCUT2D eigenvalue weighted by Crippen LogP contribution is -2.48. The van der Waals surface area contributed by atoms with Crippen molar-refractivity contribution in [1.29, 1.82) is 0 Å². The minimum Gasteiger partial charge on any atom is -0.336 e. The number of benzene rings is 2. The molecule has 2 aromatic carbocycles. The quantitative estimate of drug-likeness (QED) is 0.772. The Hall–Kier alpha value is -2.38. The summed E-state index contributed by atoms with van der Waals surface area (Å²) in [7, 11) is -1.87. The topological polar surface area (TPSA) is 60.9 Å². The first-order valence-corrected chi connectivity index (χ1v) is 11.2. The number of piperazine rings is 1. The van der Waals surface area contributed by atoms with E-state index in [0.29, 0.717) is 24.3 Å². The van der Waals surface area contributed by atoms with Crippen LogP contribution < -0.4 is 4.31 Å². The molecule has 1 amide bonds. The number of rotatable bonds is 5. The van der Waals surface area contributed by atoms with E-state index < -0.39 is 10.0 Å². The molecule has 150 valence electrons. The second kappa shape index (κ2) is 8.32. The Balaban J connectivity index is 1.67. The molecule has 6 nitrogen and oxygen atoms in total. The normalized spacial score (nSPS) is 15.5. The van der Waals surface area contributed by atoms with E-state index in [9.17, 15) is 13.2 Å². The standard InChI is InChI=1S/C21H27N3O3S/c1-17-9-10-19(15-20(17)22(2)28(3,26)27)21(25)24-13-11-23(12-14-24)16-18-7-5-4-6-8-18/h4-10,15H,11-14,16H2,1-3H3. The zero-order chi connectivity index (χ0) is 20.3. The van der Waals surface area contributed by atoms with E-state index in [2.05, 4.69) is 17.0 Å². The Kier molecular flexibility index (Phi) is 6.05. The lowest BCUT2D eigenvalue weighted by molar-refractivity contribution is 0.0628. The van der Waals surface area contributed by atoms with Crippen LogP contribution in [0.15, 0.2) is 48.5 Å². The predicted octanol–water partition coefficient (Wildman–Crippen LogP) is 2.35. The first-order valence-electron chi connectivity index (χ1n) is 9.36. The first-order chi connectivity index (χ1) is 13.3. The zero-order valence-electron chi connectivity index (χ0n) is 16.6. The summed E-state index contributed by atoms with van der Waals surface area (Å²) in [6.45, 7) is 5.70. The summed E-state index contributed by atoms with van der Waals surface area (Å²) in [5.74, 6) is -0.0532. The summed E-state index contributed by atoms with van der Waals surface area (Å²) in [6.07, 6.45) is 1.16. The lowest BCUT2D eigenvalue weighted by Gasteiger charge is -2.35. The fourth-order valence-corrected chi connectivity index (χ4v) is 3.95. The molecular formula is C21H27N3O3S. The molecule has 2 aromatic rings. The number of hydrogen-bond donors (Lipinski definition) is 0. The molecule has 0 unspecified atom stereocenters. The summed E-state index contributed by atoms with van der Waals surface area (Å²) in [6, 6.07) is 15.6. The highest BCUT2D eigenvalue weighted by atomic mass is 32.2. The third-order valence-corrected chi connectivity index (χ3v) is 6.39. The third kappa shape index (κ3) is 4.72. The third-order valence-electron chi connectivity index (χ3n) is 5.20. The van der Waals surface area contributed by atoms with Gasteiger partial charge in [0.15, 0.2) is 0 Å². The number of hydrogen-bond acceptors (Lipinski definition) is 4. The molecule has 0 saturated carbocycles. The van der Waals surface area contributed by atoms with E-state index in [0.717, 1.165) is 31.5 Å². The zero-order valence-corrected chi connectivity index (χ0v) is 17.4. The fourth-order valence-electron chi connectivity index (χ4n) is 3.39. The molecule has 0 spiro atoms. The molecule has 0 radical (unpaired) electrons. The van der Waals surface area contributed by atoms with Crippen LogP contribution in [0.5, 0.6) is 0 Å². The molecule has 28 heavy (non-hydrogen) atoms. The molecule has 0 bridgehead atoms. The van der Waals surface area contributed by atoms with Crippen molar-refractivity contribution >= 4 is 21.6 Å². The molecule has 7 heteroatoms. The maximum Gasteiger partial charge on any atom is 0.254 e. The van der Waals surface area contributed by atoms with Crippen LogP contribution in [-0.2, 0) is 16.6 Å². The number of anilines is 1. The van der Waals surface area contributed by atoms with E-state index in [1.807, 2.05) is 30.0 Å². The summed E-state index contributed by atoms with van der Waals surface area (Å²) in [4.78, 5) is 17.1. The highest BCUT2D eigenvalue weighted by molar-refractivity contribution is 7.92. The van der Waals surface area contributed by atoms with Gasteiger partial charge < -0.3 is 4.90 Å². The number of carbonyl (C=O) groups excluding carboxylic acids is 1. The van der Waals surface area contributed by atoms with Crippen LogP contribution in [0.1, 0.15) is 21.5 Å². The van der Waals surface area contributed by atoms with Crippen molar-refractivity contribution in [2.24, 2.45) is 0 Å². The molecule has 0 aromatic heterocycles. The van der Waals surface area contributed by atoms with Crippen LogP contribution in [0.4, 0.5) is 5.69 Å². The Morgan fingerprint density at radius 3 is 2.29 bits per heavy atom. The second-order valence-corrected chi connectivity index (χ2v) is 9.30. The van der Waals surface area contributed by atoms with Crippen LogP contribution in [0.2, 0.25) is 0 Å². The highest BCUT2D eigenvalue weighted by Crippen LogP contribution is 2.24. The number of aryl methyl sites for hydroxylation is 1. The number of carbonyl (C=O) groups is 1. The van der Waals surface area contributed by atoms with E-state index >= 15 is 0 Å². The lowest BCUT2D eigenvalue weighted by atomic mass is 10.1. The van der Waals surface area contributed by atoms with Gasteiger partial charge in [-0.2, -0.15) is 0 Å². The molecule has 3 rings (SSSR count). The molecule has 1 heterocycles. The van der Waals surface area contributed by atoms with Crippen molar-refractivity contribution in [3.63, 3.8) is 0 Å². The molecule has 0 aliphatic carbocycles. The van der Waals surface area contributed by atoms with Gasteiger partial charge in [-0.05, 0) is 30.2 Å². The van der Waals surface area contributed by atoms with Crippen LogP contribution in [-0.4, -0.2) is 63.6 Å². The Labute approximate surface area is 167 Å². The molecule has 0 N–H and O–H groups in total.